The standard InChI is InChI=1S/C18H21ClN2S2/c1-13-11-14(8-9-17(13)19)20-18(22)21(15-5-2-3-6-15)12-16-7-4-10-23-16/h4,7-11,15H,2-3,5-6,12H2,1H3,(H,20,22). The highest BCUT2D eigenvalue weighted by atomic mass is 35.5. The van der Waals surface area contributed by atoms with Crippen molar-refractivity contribution in [2.45, 2.75) is 45.2 Å². The van der Waals surface area contributed by atoms with E-state index >= 15 is 0 Å². The van der Waals surface area contributed by atoms with Crippen molar-refractivity contribution < 1.29 is 0 Å². The summed E-state index contributed by atoms with van der Waals surface area (Å²) in [6.45, 7) is 2.90. The molecular weight excluding hydrogens is 344 g/mol. The highest BCUT2D eigenvalue weighted by Gasteiger charge is 2.25. The number of thiocarbonyl (C=S) groups is 1. The van der Waals surface area contributed by atoms with Crippen molar-refractivity contribution in [1.82, 2.24) is 4.90 Å². The predicted octanol–water partition coefficient (Wildman–Crippen LogP) is 5.85. The second-order valence-electron chi connectivity index (χ2n) is 6.04. The molecule has 1 saturated carbocycles. The first kappa shape index (κ1) is 16.7. The number of aryl methyl sites for hydroxylation is 1. The summed E-state index contributed by atoms with van der Waals surface area (Å²) in [5, 5.41) is 7.13. The van der Waals surface area contributed by atoms with Gasteiger partial charge in [-0.3, -0.25) is 0 Å². The van der Waals surface area contributed by atoms with Gasteiger partial charge in [0.2, 0.25) is 0 Å². The topological polar surface area (TPSA) is 15.3 Å². The predicted molar refractivity (Wildman–Crippen MR) is 105 cm³/mol. The molecule has 1 aliphatic rings. The number of benzene rings is 1. The molecule has 1 heterocycles. The third-order valence-electron chi connectivity index (χ3n) is 4.34. The van der Waals surface area contributed by atoms with Crippen molar-refractivity contribution in [3.63, 3.8) is 0 Å². The maximum absolute atomic E-state index is 6.11. The van der Waals surface area contributed by atoms with Gasteiger partial charge in [-0.1, -0.05) is 30.5 Å². The van der Waals surface area contributed by atoms with E-state index in [0.29, 0.717) is 6.04 Å². The van der Waals surface area contributed by atoms with Crippen LogP contribution in [0.15, 0.2) is 35.7 Å². The number of halogens is 1. The number of nitrogens with one attached hydrogen (secondary N) is 1. The summed E-state index contributed by atoms with van der Waals surface area (Å²) in [6.07, 6.45) is 5.06. The Labute approximate surface area is 152 Å². The van der Waals surface area contributed by atoms with Gasteiger partial charge in [-0.05, 0) is 67.2 Å². The van der Waals surface area contributed by atoms with Crippen LogP contribution in [0.3, 0.4) is 0 Å². The quantitative estimate of drug-likeness (QED) is 0.685. The van der Waals surface area contributed by atoms with E-state index in [1.165, 1.54) is 30.6 Å². The zero-order valence-corrected chi connectivity index (χ0v) is 15.6. The van der Waals surface area contributed by atoms with E-state index in [9.17, 15) is 0 Å². The highest BCUT2D eigenvalue weighted by Crippen LogP contribution is 2.27. The first-order chi connectivity index (χ1) is 11.1. The smallest absolute Gasteiger partial charge is 0.174 e. The summed E-state index contributed by atoms with van der Waals surface area (Å²) in [7, 11) is 0. The molecule has 0 saturated heterocycles. The summed E-state index contributed by atoms with van der Waals surface area (Å²) in [6, 6.07) is 10.8. The molecule has 0 spiro atoms. The largest absolute Gasteiger partial charge is 0.341 e. The molecule has 23 heavy (non-hydrogen) atoms. The monoisotopic (exact) mass is 364 g/mol. The lowest BCUT2D eigenvalue weighted by molar-refractivity contribution is 0.314. The second kappa shape index (κ2) is 7.65. The maximum Gasteiger partial charge on any atom is 0.174 e. The average molecular weight is 365 g/mol. The van der Waals surface area contributed by atoms with Gasteiger partial charge in [-0.15, -0.1) is 11.3 Å². The van der Waals surface area contributed by atoms with Gasteiger partial charge in [0.25, 0.3) is 0 Å². The van der Waals surface area contributed by atoms with Crippen LogP contribution in [0.4, 0.5) is 5.69 Å². The van der Waals surface area contributed by atoms with Gasteiger partial charge < -0.3 is 10.2 Å². The lowest BCUT2D eigenvalue weighted by Gasteiger charge is -2.31. The molecule has 0 aliphatic heterocycles. The molecule has 0 atom stereocenters. The Morgan fingerprint density at radius 1 is 1.35 bits per heavy atom. The zero-order valence-electron chi connectivity index (χ0n) is 13.2. The van der Waals surface area contributed by atoms with Gasteiger partial charge >= 0.3 is 0 Å². The number of rotatable bonds is 4. The zero-order chi connectivity index (χ0) is 16.2. The van der Waals surface area contributed by atoms with E-state index in [1.807, 2.05) is 25.1 Å². The van der Waals surface area contributed by atoms with Crippen LogP contribution in [0, 0.1) is 6.92 Å². The van der Waals surface area contributed by atoms with E-state index in [4.69, 9.17) is 23.8 Å². The molecule has 0 bridgehead atoms. The summed E-state index contributed by atoms with van der Waals surface area (Å²) >= 11 is 13.6. The van der Waals surface area contributed by atoms with E-state index in [0.717, 1.165) is 27.9 Å². The van der Waals surface area contributed by atoms with E-state index in [2.05, 4.69) is 27.7 Å². The number of anilines is 1. The summed E-state index contributed by atoms with van der Waals surface area (Å²) in [4.78, 5) is 3.71. The molecule has 2 nitrogen and oxygen atoms in total. The van der Waals surface area contributed by atoms with Crippen LogP contribution < -0.4 is 5.32 Å². The third kappa shape index (κ3) is 4.25. The van der Waals surface area contributed by atoms with Gasteiger partial charge in [0.05, 0.1) is 6.54 Å². The molecule has 3 rings (SSSR count). The normalized spacial score (nSPS) is 14.9. The summed E-state index contributed by atoms with van der Waals surface area (Å²) < 4.78 is 0. The minimum Gasteiger partial charge on any atom is -0.341 e. The Kier molecular flexibility index (Phi) is 5.57. The molecule has 1 aromatic carbocycles. The molecule has 1 aliphatic carbocycles. The summed E-state index contributed by atoms with van der Waals surface area (Å²) in [5.74, 6) is 0. The van der Waals surface area contributed by atoms with Crippen molar-refractivity contribution >= 4 is 46.0 Å². The fourth-order valence-electron chi connectivity index (χ4n) is 3.07. The van der Waals surface area contributed by atoms with Crippen molar-refractivity contribution in [2.75, 3.05) is 5.32 Å². The first-order valence-corrected chi connectivity index (χ1v) is 9.66. The Morgan fingerprint density at radius 3 is 2.78 bits per heavy atom. The van der Waals surface area contributed by atoms with Crippen molar-refractivity contribution in [3.05, 3.63) is 51.2 Å². The third-order valence-corrected chi connectivity index (χ3v) is 5.96. The van der Waals surface area contributed by atoms with Gasteiger partial charge in [0, 0.05) is 21.6 Å². The number of thiophene rings is 1. The maximum atomic E-state index is 6.11. The number of hydrogen-bond acceptors (Lipinski definition) is 2. The van der Waals surface area contributed by atoms with Crippen LogP contribution in [0.25, 0.3) is 0 Å². The Bertz CT molecular complexity index is 664. The van der Waals surface area contributed by atoms with Gasteiger partial charge in [-0.25, -0.2) is 0 Å². The van der Waals surface area contributed by atoms with Crippen LogP contribution in [-0.2, 0) is 6.54 Å². The average Bonchev–Trinajstić information content (AvgIpc) is 3.21. The SMILES string of the molecule is Cc1cc(NC(=S)N(Cc2cccs2)C2CCCC2)ccc1Cl. The fraction of sp³-hybridized carbons (Fsp3) is 0.389. The Balaban J connectivity index is 1.74. The van der Waals surface area contributed by atoms with Crippen LogP contribution in [0.2, 0.25) is 5.02 Å². The van der Waals surface area contributed by atoms with Crippen LogP contribution in [0.1, 0.15) is 36.1 Å². The second-order valence-corrected chi connectivity index (χ2v) is 7.87. The van der Waals surface area contributed by atoms with Crippen LogP contribution in [0.5, 0.6) is 0 Å². The van der Waals surface area contributed by atoms with Crippen LogP contribution in [-0.4, -0.2) is 16.1 Å². The number of nitrogens with zero attached hydrogens (tertiary/aromatic N) is 1. The minimum absolute atomic E-state index is 0.547. The Hall–Kier alpha value is -1.10. The highest BCUT2D eigenvalue weighted by molar-refractivity contribution is 7.80. The molecule has 1 N–H and O–H groups in total. The molecule has 1 aromatic heterocycles. The fourth-order valence-corrected chi connectivity index (χ4v) is 4.22. The molecule has 0 radical (unpaired) electrons. The van der Waals surface area contributed by atoms with Gasteiger partial charge in [0.15, 0.2) is 5.11 Å². The first-order valence-electron chi connectivity index (χ1n) is 7.99. The van der Waals surface area contributed by atoms with Crippen molar-refractivity contribution in [3.8, 4) is 0 Å². The van der Waals surface area contributed by atoms with E-state index in [-0.39, 0.29) is 0 Å². The lowest BCUT2D eigenvalue weighted by atomic mass is 10.2. The number of hydrogen-bond donors (Lipinski definition) is 1. The van der Waals surface area contributed by atoms with Gasteiger partial charge in [0.1, 0.15) is 0 Å². The molecule has 5 heteroatoms. The molecule has 122 valence electrons. The summed E-state index contributed by atoms with van der Waals surface area (Å²) in [5.41, 5.74) is 2.07. The molecule has 0 unspecified atom stereocenters. The lowest BCUT2D eigenvalue weighted by Crippen LogP contribution is -2.40. The minimum atomic E-state index is 0.547. The molecule has 0 amide bonds. The van der Waals surface area contributed by atoms with Crippen molar-refractivity contribution in [1.29, 1.82) is 0 Å². The Morgan fingerprint density at radius 2 is 2.13 bits per heavy atom. The molecule has 1 fully saturated rings. The van der Waals surface area contributed by atoms with Crippen LogP contribution >= 0.6 is 35.2 Å². The van der Waals surface area contributed by atoms with E-state index < -0.39 is 0 Å². The van der Waals surface area contributed by atoms with Gasteiger partial charge in [-0.2, -0.15) is 0 Å². The van der Waals surface area contributed by atoms with Crippen molar-refractivity contribution in [2.24, 2.45) is 0 Å². The molecule has 2 aromatic rings. The molecular formula is C18H21ClN2S2. The van der Waals surface area contributed by atoms with E-state index in [1.54, 1.807) is 11.3 Å².